The Bertz CT molecular complexity index is 934. The zero-order valence-electron chi connectivity index (χ0n) is 13.6. The molecule has 0 bridgehead atoms. The predicted octanol–water partition coefficient (Wildman–Crippen LogP) is 3.01. The number of benzene rings is 1. The summed E-state index contributed by atoms with van der Waals surface area (Å²) in [6.45, 7) is 2.01. The fraction of sp³-hybridized carbons (Fsp3) is 0.389. The lowest BCUT2D eigenvalue weighted by atomic mass is 10.1. The van der Waals surface area contributed by atoms with E-state index in [1.807, 2.05) is 6.92 Å². The standard InChI is InChI=1S/C18H20N4O2/c1-2-14-15-18(24)20-16(11-7-9-13(23)10-8-11)21-22(15)17(19-14)12-5-3-4-6-12/h7-10,12,23H,2-6H2,1H3,(H,20,21,24). The van der Waals surface area contributed by atoms with Crippen molar-refractivity contribution in [3.05, 3.63) is 46.1 Å². The van der Waals surface area contributed by atoms with Gasteiger partial charge < -0.3 is 10.1 Å². The molecule has 1 fully saturated rings. The highest BCUT2D eigenvalue weighted by Gasteiger charge is 2.25. The van der Waals surface area contributed by atoms with Gasteiger partial charge >= 0.3 is 0 Å². The quantitative estimate of drug-likeness (QED) is 0.776. The van der Waals surface area contributed by atoms with E-state index in [0.29, 0.717) is 23.7 Å². The van der Waals surface area contributed by atoms with Crippen LogP contribution in [0.2, 0.25) is 0 Å². The molecule has 0 atom stereocenters. The molecule has 0 radical (unpaired) electrons. The van der Waals surface area contributed by atoms with Gasteiger partial charge in [-0.2, -0.15) is 0 Å². The molecule has 24 heavy (non-hydrogen) atoms. The number of H-pyrrole nitrogens is 1. The van der Waals surface area contributed by atoms with E-state index in [0.717, 1.165) is 29.9 Å². The van der Waals surface area contributed by atoms with Crippen molar-refractivity contribution in [1.29, 1.82) is 0 Å². The Kier molecular flexibility index (Phi) is 3.59. The molecule has 124 valence electrons. The molecule has 0 spiro atoms. The lowest BCUT2D eigenvalue weighted by Gasteiger charge is -2.08. The average Bonchev–Trinajstić information content (AvgIpc) is 3.22. The Morgan fingerprint density at radius 2 is 1.96 bits per heavy atom. The van der Waals surface area contributed by atoms with E-state index in [1.165, 1.54) is 12.8 Å². The first-order chi connectivity index (χ1) is 11.7. The summed E-state index contributed by atoms with van der Waals surface area (Å²) >= 11 is 0. The van der Waals surface area contributed by atoms with E-state index in [4.69, 9.17) is 4.98 Å². The van der Waals surface area contributed by atoms with Gasteiger partial charge in [0.05, 0.1) is 5.69 Å². The zero-order valence-corrected chi connectivity index (χ0v) is 13.6. The predicted molar refractivity (Wildman–Crippen MR) is 91.3 cm³/mol. The number of rotatable bonds is 3. The van der Waals surface area contributed by atoms with Crippen molar-refractivity contribution < 1.29 is 5.11 Å². The van der Waals surface area contributed by atoms with Gasteiger partial charge in [-0.05, 0) is 43.5 Å². The SMILES string of the molecule is CCc1nc(C2CCCC2)n2nc(-c3ccc(O)cc3)[nH]c(=O)c12. The number of aryl methyl sites for hydroxylation is 1. The van der Waals surface area contributed by atoms with Crippen LogP contribution in [0.1, 0.15) is 50.0 Å². The number of phenolic OH excluding ortho intramolecular Hbond substituents is 1. The van der Waals surface area contributed by atoms with Crippen molar-refractivity contribution >= 4 is 5.52 Å². The highest BCUT2D eigenvalue weighted by Crippen LogP contribution is 2.34. The van der Waals surface area contributed by atoms with Gasteiger partial charge in [0.25, 0.3) is 5.56 Å². The normalized spacial score (nSPS) is 15.4. The number of nitrogens with one attached hydrogen (secondary N) is 1. The number of phenols is 1. The lowest BCUT2D eigenvalue weighted by molar-refractivity contribution is 0.475. The van der Waals surface area contributed by atoms with Crippen molar-refractivity contribution in [1.82, 2.24) is 19.6 Å². The van der Waals surface area contributed by atoms with Crippen LogP contribution in [0, 0.1) is 0 Å². The minimum Gasteiger partial charge on any atom is -0.508 e. The van der Waals surface area contributed by atoms with Crippen LogP contribution >= 0.6 is 0 Å². The van der Waals surface area contributed by atoms with Crippen LogP contribution in [-0.4, -0.2) is 24.7 Å². The number of hydrogen-bond donors (Lipinski definition) is 2. The second-order valence-electron chi connectivity index (χ2n) is 6.36. The Morgan fingerprint density at radius 3 is 2.62 bits per heavy atom. The van der Waals surface area contributed by atoms with Gasteiger partial charge in [0.2, 0.25) is 0 Å². The molecule has 1 saturated carbocycles. The summed E-state index contributed by atoms with van der Waals surface area (Å²) in [4.78, 5) is 20.2. The number of nitrogens with zero attached hydrogens (tertiary/aromatic N) is 3. The van der Waals surface area contributed by atoms with Crippen LogP contribution in [0.4, 0.5) is 0 Å². The smallest absolute Gasteiger partial charge is 0.277 e. The first kappa shape index (κ1) is 14.9. The third-order valence-electron chi connectivity index (χ3n) is 4.79. The molecule has 0 aliphatic heterocycles. The van der Waals surface area contributed by atoms with Crippen molar-refractivity contribution in [2.24, 2.45) is 0 Å². The van der Waals surface area contributed by atoms with Crippen LogP contribution in [-0.2, 0) is 6.42 Å². The maximum absolute atomic E-state index is 12.6. The highest BCUT2D eigenvalue weighted by atomic mass is 16.3. The van der Waals surface area contributed by atoms with Crippen LogP contribution in [0.5, 0.6) is 5.75 Å². The number of imidazole rings is 1. The minimum atomic E-state index is -0.165. The summed E-state index contributed by atoms with van der Waals surface area (Å²) in [6.07, 6.45) is 5.32. The van der Waals surface area contributed by atoms with Gasteiger partial charge in [0.1, 0.15) is 11.6 Å². The Morgan fingerprint density at radius 1 is 1.25 bits per heavy atom. The molecule has 1 aliphatic carbocycles. The Balaban J connectivity index is 1.93. The van der Waals surface area contributed by atoms with E-state index in [1.54, 1.807) is 28.8 Å². The largest absolute Gasteiger partial charge is 0.508 e. The molecule has 2 N–H and O–H groups in total. The third-order valence-corrected chi connectivity index (χ3v) is 4.79. The van der Waals surface area contributed by atoms with E-state index >= 15 is 0 Å². The fourth-order valence-electron chi connectivity index (χ4n) is 3.54. The van der Waals surface area contributed by atoms with Crippen LogP contribution in [0.3, 0.4) is 0 Å². The first-order valence-electron chi connectivity index (χ1n) is 8.48. The van der Waals surface area contributed by atoms with E-state index in [9.17, 15) is 9.90 Å². The van der Waals surface area contributed by atoms with Crippen LogP contribution in [0.25, 0.3) is 16.9 Å². The third kappa shape index (κ3) is 2.38. The maximum Gasteiger partial charge on any atom is 0.277 e. The summed E-state index contributed by atoms with van der Waals surface area (Å²) in [5.74, 6) is 1.96. The topological polar surface area (TPSA) is 83.3 Å². The molecule has 3 aromatic rings. The fourth-order valence-corrected chi connectivity index (χ4v) is 3.54. The van der Waals surface area contributed by atoms with Crippen molar-refractivity contribution in [2.75, 3.05) is 0 Å². The molecule has 1 aromatic carbocycles. The van der Waals surface area contributed by atoms with Crippen molar-refractivity contribution in [2.45, 2.75) is 44.9 Å². The molecule has 6 heteroatoms. The van der Waals surface area contributed by atoms with Crippen LogP contribution < -0.4 is 5.56 Å². The molecular formula is C18H20N4O2. The van der Waals surface area contributed by atoms with Gasteiger partial charge in [-0.25, -0.2) is 9.50 Å². The molecule has 1 aliphatic rings. The molecule has 4 rings (SSSR count). The molecular weight excluding hydrogens is 304 g/mol. The molecule has 2 heterocycles. The second-order valence-corrected chi connectivity index (χ2v) is 6.36. The lowest BCUT2D eigenvalue weighted by Crippen LogP contribution is -2.16. The average molecular weight is 324 g/mol. The summed E-state index contributed by atoms with van der Waals surface area (Å²) in [5.41, 5.74) is 1.96. The first-order valence-corrected chi connectivity index (χ1v) is 8.48. The number of fused-ring (bicyclic) bond motifs is 1. The van der Waals surface area contributed by atoms with Gasteiger partial charge in [-0.1, -0.05) is 19.8 Å². The molecule has 0 saturated heterocycles. The summed E-state index contributed by atoms with van der Waals surface area (Å²) in [6, 6.07) is 6.66. The minimum absolute atomic E-state index is 0.165. The Labute approximate surface area is 139 Å². The van der Waals surface area contributed by atoms with E-state index in [-0.39, 0.29) is 11.3 Å². The highest BCUT2D eigenvalue weighted by molar-refractivity contribution is 5.58. The van der Waals surface area contributed by atoms with E-state index in [2.05, 4.69) is 10.1 Å². The monoisotopic (exact) mass is 324 g/mol. The molecule has 6 nitrogen and oxygen atoms in total. The van der Waals surface area contributed by atoms with E-state index < -0.39 is 0 Å². The summed E-state index contributed by atoms with van der Waals surface area (Å²) < 4.78 is 1.75. The zero-order chi connectivity index (χ0) is 16.7. The molecule has 0 unspecified atom stereocenters. The summed E-state index contributed by atoms with van der Waals surface area (Å²) in [5, 5.41) is 14.1. The van der Waals surface area contributed by atoms with Gasteiger partial charge in [-0.15, -0.1) is 5.10 Å². The maximum atomic E-state index is 12.6. The summed E-state index contributed by atoms with van der Waals surface area (Å²) in [7, 11) is 0. The number of aromatic nitrogens is 4. The Hall–Kier alpha value is -2.63. The molecule has 2 aromatic heterocycles. The number of hydrogen-bond acceptors (Lipinski definition) is 4. The number of aromatic amines is 1. The molecule has 0 amide bonds. The van der Waals surface area contributed by atoms with Gasteiger partial charge in [0, 0.05) is 11.5 Å². The van der Waals surface area contributed by atoms with Gasteiger partial charge in [0.15, 0.2) is 11.3 Å². The van der Waals surface area contributed by atoms with Crippen LogP contribution in [0.15, 0.2) is 29.1 Å². The second kappa shape index (κ2) is 5.78. The number of aromatic hydroxyl groups is 1. The van der Waals surface area contributed by atoms with Gasteiger partial charge in [-0.3, -0.25) is 4.79 Å². The van der Waals surface area contributed by atoms with Crippen molar-refractivity contribution in [3.8, 4) is 17.1 Å². The van der Waals surface area contributed by atoms with Crippen molar-refractivity contribution in [3.63, 3.8) is 0 Å².